The van der Waals surface area contributed by atoms with Crippen LogP contribution in [0.4, 0.5) is 5.69 Å². The third-order valence-corrected chi connectivity index (χ3v) is 5.59. The number of anilines is 1. The van der Waals surface area contributed by atoms with Crippen molar-refractivity contribution in [2.45, 2.75) is 85.0 Å². The predicted molar refractivity (Wildman–Crippen MR) is 119 cm³/mol. The van der Waals surface area contributed by atoms with Gasteiger partial charge in [-0.25, -0.2) is 0 Å². The highest BCUT2D eigenvalue weighted by molar-refractivity contribution is 6.48. The van der Waals surface area contributed by atoms with Gasteiger partial charge >= 0.3 is 0 Å². The summed E-state index contributed by atoms with van der Waals surface area (Å²) in [6, 6.07) is 5.90. The van der Waals surface area contributed by atoms with Gasteiger partial charge in [-0.05, 0) is 37.8 Å². The van der Waals surface area contributed by atoms with E-state index in [9.17, 15) is 14.7 Å². The number of carbonyl (C=O) groups excluding carboxylic acids is 2. The molecule has 0 aromatic heterocycles. The number of aryl methyl sites for hydroxylation is 2. The van der Waals surface area contributed by atoms with E-state index in [0.29, 0.717) is 12.1 Å². The van der Waals surface area contributed by atoms with Crippen LogP contribution in [0, 0.1) is 13.8 Å². The number of carbonyl (C=O) groups is 2. The average Bonchev–Trinajstić information content (AvgIpc) is 2.69. The van der Waals surface area contributed by atoms with Crippen molar-refractivity contribution in [1.82, 2.24) is 0 Å². The fourth-order valence-corrected chi connectivity index (χ4v) is 3.77. The molecule has 4 heteroatoms. The third kappa shape index (κ3) is 6.59. The Labute approximate surface area is 175 Å². The van der Waals surface area contributed by atoms with E-state index in [2.05, 4.69) is 12.2 Å². The molecule has 29 heavy (non-hydrogen) atoms. The van der Waals surface area contributed by atoms with Crippen molar-refractivity contribution in [3.05, 3.63) is 52.4 Å². The molecule has 0 fully saturated rings. The molecule has 0 saturated heterocycles. The van der Waals surface area contributed by atoms with Crippen LogP contribution in [0.25, 0.3) is 0 Å². The largest absolute Gasteiger partial charge is 0.505 e. The number of ketones is 2. The number of allylic oxidation sites excluding steroid dienone is 2. The molecule has 1 aliphatic carbocycles. The zero-order valence-corrected chi connectivity index (χ0v) is 18.1. The number of para-hydroxylation sites is 1. The van der Waals surface area contributed by atoms with E-state index in [-0.39, 0.29) is 11.3 Å². The van der Waals surface area contributed by atoms with Gasteiger partial charge in [-0.3, -0.25) is 9.59 Å². The number of hydrogen-bond donors (Lipinski definition) is 2. The lowest BCUT2D eigenvalue weighted by atomic mass is 9.93. The predicted octanol–water partition coefficient (Wildman–Crippen LogP) is 6.48. The lowest BCUT2D eigenvalue weighted by Crippen LogP contribution is -2.24. The highest BCUT2D eigenvalue weighted by Gasteiger charge is 2.28. The molecule has 158 valence electrons. The maximum atomic E-state index is 12.3. The fraction of sp³-hybridized carbons (Fsp3) is 0.520. The van der Waals surface area contributed by atoms with Crippen LogP contribution in [0.5, 0.6) is 0 Å². The molecule has 0 amide bonds. The van der Waals surface area contributed by atoms with E-state index in [1.54, 1.807) is 0 Å². The Bertz CT molecular complexity index is 769. The van der Waals surface area contributed by atoms with E-state index in [1.165, 1.54) is 44.6 Å². The molecule has 0 aliphatic heterocycles. The molecule has 0 atom stereocenters. The van der Waals surface area contributed by atoms with Crippen molar-refractivity contribution in [2.24, 2.45) is 0 Å². The summed E-state index contributed by atoms with van der Waals surface area (Å²) < 4.78 is 0. The Morgan fingerprint density at radius 2 is 1.41 bits per heavy atom. The second-order valence-electron chi connectivity index (χ2n) is 8.05. The van der Waals surface area contributed by atoms with Gasteiger partial charge < -0.3 is 10.4 Å². The van der Waals surface area contributed by atoms with E-state index in [0.717, 1.165) is 36.1 Å². The molecule has 0 radical (unpaired) electrons. The molecule has 1 aromatic carbocycles. The van der Waals surface area contributed by atoms with Crippen LogP contribution in [0.3, 0.4) is 0 Å². The van der Waals surface area contributed by atoms with Gasteiger partial charge in [0.2, 0.25) is 11.6 Å². The first-order valence-electron chi connectivity index (χ1n) is 11.0. The number of hydrogen-bond acceptors (Lipinski definition) is 4. The molecular weight excluding hydrogens is 362 g/mol. The van der Waals surface area contributed by atoms with E-state index >= 15 is 0 Å². The molecular formula is C25H35NO3. The van der Waals surface area contributed by atoms with Gasteiger partial charge in [0.1, 0.15) is 5.76 Å². The number of aliphatic hydroxyl groups excluding tert-OH is 1. The minimum absolute atomic E-state index is 0.0863. The first-order valence-corrected chi connectivity index (χ1v) is 11.0. The zero-order valence-electron chi connectivity index (χ0n) is 18.1. The minimum Gasteiger partial charge on any atom is -0.505 e. The normalized spacial score (nSPS) is 14.4. The van der Waals surface area contributed by atoms with Gasteiger partial charge in [-0.1, -0.05) is 76.5 Å². The SMILES string of the molecule is CCCCCCCCCCCC1=C(O)C(Nc2c(C)cccc2C)=CC(=O)C1=O. The molecule has 4 nitrogen and oxygen atoms in total. The van der Waals surface area contributed by atoms with Crippen molar-refractivity contribution in [2.75, 3.05) is 5.32 Å². The summed E-state index contributed by atoms with van der Waals surface area (Å²) in [4.78, 5) is 24.5. The third-order valence-electron chi connectivity index (χ3n) is 5.59. The van der Waals surface area contributed by atoms with Crippen molar-refractivity contribution in [3.63, 3.8) is 0 Å². The standard InChI is InChI=1S/C25H35NO3/c1-4-5-6-7-8-9-10-11-12-16-20-24(28)21(17-22(27)25(20)29)26-23-18(2)14-13-15-19(23)3/h13-15,17,26,28H,4-12,16H2,1-3H3. The topological polar surface area (TPSA) is 66.4 Å². The number of benzene rings is 1. The second kappa shape index (κ2) is 11.6. The van der Waals surface area contributed by atoms with E-state index in [4.69, 9.17) is 0 Å². The van der Waals surface area contributed by atoms with Gasteiger partial charge in [0, 0.05) is 17.3 Å². The smallest absolute Gasteiger partial charge is 0.232 e. The number of nitrogens with one attached hydrogen (secondary N) is 1. The summed E-state index contributed by atoms with van der Waals surface area (Å²) >= 11 is 0. The molecule has 0 heterocycles. The number of Topliss-reactive ketones (excluding diaryl/α,β-unsaturated/α-hetero) is 1. The molecule has 2 N–H and O–H groups in total. The Balaban J connectivity index is 1.92. The van der Waals surface area contributed by atoms with Crippen LogP contribution in [0.1, 0.15) is 82.3 Å². The van der Waals surface area contributed by atoms with Crippen molar-refractivity contribution in [3.8, 4) is 0 Å². The van der Waals surface area contributed by atoms with Crippen LogP contribution >= 0.6 is 0 Å². The maximum Gasteiger partial charge on any atom is 0.232 e. The summed E-state index contributed by atoms with van der Waals surface area (Å²) in [5, 5.41) is 13.8. The Hall–Kier alpha value is -2.36. The van der Waals surface area contributed by atoms with Gasteiger partial charge in [-0.15, -0.1) is 0 Å². The highest BCUT2D eigenvalue weighted by atomic mass is 16.3. The lowest BCUT2D eigenvalue weighted by Gasteiger charge is -2.20. The van der Waals surface area contributed by atoms with Gasteiger partial charge in [0.25, 0.3) is 0 Å². The molecule has 1 aromatic rings. The zero-order chi connectivity index (χ0) is 21.2. The summed E-state index contributed by atoms with van der Waals surface area (Å²) in [5.74, 6) is -1.23. The van der Waals surface area contributed by atoms with Gasteiger partial charge in [0.15, 0.2) is 0 Å². The first-order chi connectivity index (χ1) is 14.0. The maximum absolute atomic E-state index is 12.3. The highest BCUT2D eigenvalue weighted by Crippen LogP contribution is 2.28. The summed E-state index contributed by atoms with van der Waals surface area (Å²) in [7, 11) is 0. The molecule has 0 spiro atoms. The number of aliphatic hydroxyl groups is 1. The van der Waals surface area contributed by atoms with E-state index < -0.39 is 11.6 Å². The fourth-order valence-electron chi connectivity index (χ4n) is 3.77. The van der Waals surface area contributed by atoms with Gasteiger partial charge in [-0.2, -0.15) is 0 Å². The van der Waals surface area contributed by atoms with Crippen LogP contribution < -0.4 is 5.32 Å². The van der Waals surface area contributed by atoms with Crippen LogP contribution in [0.2, 0.25) is 0 Å². The molecule has 0 bridgehead atoms. The van der Waals surface area contributed by atoms with Crippen LogP contribution in [-0.2, 0) is 9.59 Å². The number of unbranched alkanes of at least 4 members (excludes halogenated alkanes) is 8. The molecule has 2 rings (SSSR count). The van der Waals surface area contributed by atoms with Crippen LogP contribution in [0.15, 0.2) is 41.3 Å². The minimum atomic E-state index is -0.575. The van der Waals surface area contributed by atoms with Crippen molar-refractivity contribution in [1.29, 1.82) is 0 Å². The van der Waals surface area contributed by atoms with E-state index in [1.807, 2.05) is 32.0 Å². The quantitative estimate of drug-likeness (QED) is 0.240. The molecule has 1 aliphatic rings. The van der Waals surface area contributed by atoms with Crippen LogP contribution in [-0.4, -0.2) is 16.7 Å². The Morgan fingerprint density at radius 3 is 2.00 bits per heavy atom. The van der Waals surface area contributed by atoms with Crippen molar-refractivity contribution >= 4 is 17.3 Å². The molecule has 0 saturated carbocycles. The monoisotopic (exact) mass is 397 g/mol. The summed E-state index contributed by atoms with van der Waals surface area (Å²) in [6.07, 6.45) is 12.3. The number of rotatable bonds is 12. The lowest BCUT2D eigenvalue weighted by molar-refractivity contribution is -0.132. The first kappa shape index (κ1) is 22.9. The summed E-state index contributed by atoms with van der Waals surface area (Å²) in [6.45, 7) is 6.16. The molecule has 0 unspecified atom stereocenters. The Morgan fingerprint density at radius 1 is 0.862 bits per heavy atom. The average molecular weight is 398 g/mol. The summed E-state index contributed by atoms with van der Waals surface area (Å²) in [5.41, 5.74) is 3.45. The van der Waals surface area contributed by atoms with Gasteiger partial charge in [0.05, 0.1) is 5.70 Å². The Kier molecular flexibility index (Phi) is 9.17. The van der Waals surface area contributed by atoms with Crippen molar-refractivity contribution < 1.29 is 14.7 Å². The second-order valence-corrected chi connectivity index (χ2v) is 8.05.